The maximum Gasteiger partial charge on any atom is 0.120 e. The summed E-state index contributed by atoms with van der Waals surface area (Å²) < 4.78 is 5.14. The summed E-state index contributed by atoms with van der Waals surface area (Å²) >= 11 is 14.4. The van der Waals surface area contributed by atoms with E-state index in [1.807, 2.05) is 30.5 Å². The van der Waals surface area contributed by atoms with Crippen LogP contribution in [0.2, 0.25) is 5.02 Å². The molecule has 0 N–H and O–H groups in total. The first-order valence-corrected chi connectivity index (χ1v) is 7.81. The average molecular weight is 313 g/mol. The van der Waals surface area contributed by atoms with Gasteiger partial charge < -0.3 is 4.74 Å². The van der Waals surface area contributed by atoms with Crippen LogP contribution in [0.5, 0.6) is 5.75 Å². The lowest BCUT2D eigenvalue weighted by atomic mass is 10.0. The van der Waals surface area contributed by atoms with Gasteiger partial charge in [0.25, 0.3) is 0 Å². The van der Waals surface area contributed by atoms with Gasteiger partial charge in [0.1, 0.15) is 5.75 Å². The maximum absolute atomic E-state index is 6.50. The standard InChI is InChI=1S/C15H14Cl2OS/c1-18-11-5-8-13(14(16)9-11)15(17)10-3-6-12(19-2)7-4-10/h3-9,15H,1-2H3. The molecule has 0 saturated carbocycles. The lowest BCUT2D eigenvalue weighted by Gasteiger charge is -2.13. The van der Waals surface area contributed by atoms with Crippen molar-refractivity contribution in [2.75, 3.05) is 13.4 Å². The van der Waals surface area contributed by atoms with Crippen molar-refractivity contribution in [1.29, 1.82) is 0 Å². The minimum atomic E-state index is -0.255. The number of halogens is 2. The molecule has 2 rings (SSSR count). The van der Waals surface area contributed by atoms with Gasteiger partial charge in [-0.15, -0.1) is 23.4 Å². The van der Waals surface area contributed by atoms with Crippen molar-refractivity contribution in [3.63, 3.8) is 0 Å². The van der Waals surface area contributed by atoms with Gasteiger partial charge in [-0.05, 0) is 41.6 Å². The van der Waals surface area contributed by atoms with Crippen LogP contribution in [-0.4, -0.2) is 13.4 Å². The van der Waals surface area contributed by atoms with Gasteiger partial charge in [0.2, 0.25) is 0 Å². The molecule has 0 bridgehead atoms. The number of rotatable bonds is 4. The Morgan fingerprint density at radius 2 is 1.79 bits per heavy atom. The third kappa shape index (κ3) is 3.38. The van der Waals surface area contributed by atoms with E-state index in [1.54, 1.807) is 24.9 Å². The fourth-order valence-corrected chi connectivity index (χ4v) is 2.87. The summed E-state index contributed by atoms with van der Waals surface area (Å²) in [6, 6.07) is 13.7. The molecule has 2 aromatic carbocycles. The van der Waals surface area contributed by atoms with E-state index >= 15 is 0 Å². The Bertz CT molecular complexity index is 555. The average Bonchev–Trinajstić information content (AvgIpc) is 2.46. The predicted octanol–water partition coefficient (Wildman–Crippen LogP) is 5.40. The minimum Gasteiger partial charge on any atom is -0.497 e. The Morgan fingerprint density at radius 3 is 2.32 bits per heavy atom. The van der Waals surface area contributed by atoms with Crippen LogP contribution in [-0.2, 0) is 0 Å². The summed E-state index contributed by atoms with van der Waals surface area (Å²) in [5, 5.41) is 0.364. The lowest BCUT2D eigenvalue weighted by molar-refractivity contribution is 0.414. The van der Waals surface area contributed by atoms with E-state index in [2.05, 4.69) is 12.1 Å². The summed E-state index contributed by atoms with van der Waals surface area (Å²) in [7, 11) is 1.62. The highest BCUT2D eigenvalue weighted by Crippen LogP contribution is 2.35. The number of benzene rings is 2. The Labute approximate surface area is 127 Å². The predicted molar refractivity (Wildman–Crippen MR) is 83.9 cm³/mol. The highest BCUT2D eigenvalue weighted by molar-refractivity contribution is 7.98. The van der Waals surface area contributed by atoms with Crippen LogP contribution in [0.15, 0.2) is 47.4 Å². The third-order valence-corrected chi connectivity index (χ3v) is 4.45. The van der Waals surface area contributed by atoms with E-state index in [1.165, 1.54) is 4.90 Å². The smallest absolute Gasteiger partial charge is 0.120 e. The molecule has 19 heavy (non-hydrogen) atoms. The monoisotopic (exact) mass is 312 g/mol. The quantitative estimate of drug-likeness (QED) is 0.552. The number of hydrogen-bond donors (Lipinski definition) is 0. The zero-order valence-electron chi connectivity index (χ0n) is 10.7. The molecule has 4 heteroatoms. The first-order valence-electron chi connectivity index (χ1n) is 5.77. The summed E-state index contributed by atoms with van der Waals surface area (Å²) in [4.78, 5) is 1.22. The molecular weight excluding hydrogens is 299 g/mol. The Morgan fingerprint density at radius 1 is 1.11 bits per heavy atom. The Kier molecular flexibility index (Phi) is 5.03. The topological polar surface area (TPSA) is 9.23 Å². The van der Waals surface area contributed by atoms with Gasteiger partial charge in [0.15, 0.2) is 0 Å². The molecule has 0 aliphatic rings. The highest BCUT2D eigenvalue weighted by Gasteiger charge is 2.14. The van der Waals surface area contributed by atoms with Gasteiger partial charge in [-0.25, -0.2) is 0 Å². The van der Waals surface area contributed by atoms with E-state index in [4.69, 9.17) is 27.9 Å². The van der Waals surface area contributed by atoms with Gasteiger partial charge >= 0.3 is 0 Å². The van der Waals surface area contributed by atoms with E-state index in [0.717, 1.165) is 16.9 Å². The van der Waals surface area contributed by atoms with Crippen molar-refractivity contribution in [3.8, 4) is 5.75 Å². The second-order valence-corrected chi connectivity index (χ2v) is 5.75. The van der Waals surface area contributed by atoms with E-state index in [0.29, 0.717) is 5.02 Å². The second kappa shape index (κ2) is 6.56. The highest BCUT2D eigenvalue weighted by atomic mass is 35.5. The van der Waals surface area contributed by atoms with Crippen molar-refractivity contribution in [2.24, 2.45) is 0 Å². The zero-order valence-corrected chi connectivity index (χ0v) is 13.0. The van der Waals surface area contributed by atoms with Gasteiger partial charge in [-0.2, -0.15) is 0 Å². The molecule has 100 valence electrons. The molecule has 2 aromatic rings. The molecule has 0 fully saturated rings. The Balaban J connectivity index is 2.29. The summed E-state index contributed by atoms with van der Waals surface area (Å²) in [5.74, 6) is 0.732. The van der Waals surface area contributed by atoms with Crippen LogP contribution in [0.1, 0.15) is 16.5 Å². The Hall–Kier alpha value is -0.830. The van der Waals surface area contributed by atoms with Crippen LogP contribution in [0.4, 0.5) is 0 Å². The summed E-state index contributed by atoms with van der Waals surface area (Å²) in [5.41, 5.74) is 1.92. The van der Waals surface area contributed by atoms with Crippen LogP contribution >= 0.6 is 35.0 Å². The normalized spacial score (nSPS) is 12.2. The van der Waals surface area contributed by atoms with Gasteiger partial charge in [-0.1, -0.05) is 29.8 Å². The maximum atomic E-state index is 6.50. The zero-order chi connectivity index (χ0) is 13.8. The molecule has 0 heterocycles. The lowest BCUT2D eigenvalue weighted by Crippen LogP contribution is -1.95. The molecule has 0 aromatic heterocycles. The molecule has 0 saturated heterocycles. The summed E-state index contributed by atoms with van der Waals surface area (Å²) in [6.45, 7) is 0. The van der Waals surface area contributed by atoms with Crippen molar-refractivity contribution in [1.82, 2.24) is 0 Å². The largest absolute Gasteiger partial charge is 0.497 e. The first-order chi connectivity index (χ1) is 9.15. The number of thioether (sulfide) groups is 1. The fourth-order valence-electron chi connectivity index (χ4n) is 1.79. The van der Waals surface area contributed by atoms with E-state index < -0.39 is 0 Å². The number of alkyl halides is 1. The molecule has 0 spiro atoms. The molecule has 1 nitrogen and oxygen atoms in total. The van der Waals surface area contributed by atoms with Gasteiger partial charge in [0, 0.05) is 9.92 Å². The van der Waals surface area contributed by atoms with Gasteiger partial charge in [0.05, 0.1) is 12.5 Å². The van der Waals surface area contributed by atoms with Crippen LogP contribution < -0.4 is 4.74 Å². The SMILES string of the molecule is COc1ccc(C(Cl)c2ccc(SC)cc2)c(Cl)c1. The van der Waals surface area contributed by atoms with E-state index in [-0.39, 0.29) is 5.38 Å². The first kappa shape index (κ1) is 14.6. The van der Waals surface area contributed by atoms with Crippen LogP contribution in [0, 0.1) is 0 Å². The summed E-state index contributed by atoms with van der Waals surface area (Å²) in [6.07, 6.45) is 2.05. The minimum absolute atomic E-state index is 0.255. The molecule has 0 radical (unpaired) electrons. The molecule has 1 unspecified atom stereocenters. The molecule has 1 atom stereocenters. The number of ether oxygens (including phenoxy) is 1. The van der Waals surface area contributed by atoms with Gasteiger partial charge in [-0.3, -0.25) is 0 Å². The molecule has 0 amide bonds. The number of methoxy groups -OCH3 is 1. The van der Waals surface area contributed by atoms with Crippen LogP contribution in [0.25, 0.3) is 0 Å². The van der Waals surface area contributed by atoms with Crippen molar-refractivity contribution < 1.29 is 4.74 Å². The van der Waals surface area contributed by atoms with Crippen LogP contribution in [0.3, 0.4) is 0 Å². The van der Waals surface area contributed by atoms with E-state index in [9.17, 15) is 0 Å². The molecule has 0 aliphatic heterocycles. The second-order valence-electron chi connectivity index (χ2n) is 4.02. The molecule has 0 aliphatic carbocycles. The fraction of sp³-hybridized carbons (Fsp3) is 0.200. The number of hydrogen-bond acceptors (Lipinski definition) is 2. The third-order valence-electron chi connectivity index (χ3n) is 2.89. The van der Waals surface area contributed by atoms with Crippen molar-refractivity contribution in [2.45, 2.75) is 10.3 Å². The van der Waals surface area contributed by atoms with Crippen molar-refractivity contribution in [3.05, 3.63) is 58.6 Å². The molecular formula is C15H14Cl2OS. The van der Waals surface area contributed by atoms with Crippen molar-refractivity contribution >= 4 is 35.0 Å².